The van der Waals surface area contributed by atoms with Gasteiger partial charge in [0.2, 0.25) is 0 Å². The second-order valence-electron chi connectivity index (χ2n) is 17.8. The van der Waals surface area contributed by atoms with Gasteiger partial charge in [0, 0.05) is 100 Å². The first-order valence-corrected chi connectivity index (χ1v) is 28.0. The summed E-state index contributed by atoms with van der Waals surface area (Å²) >= 11 is 0. The molecular formula is C73H57F5Ir2N4O8S-4. The van der Waals surface area contributed by atoms with E-state index < -0.39 is 87.7 Å². The number of furan rings is 2. The van der Waals surface area contributed by atoms with Crippen LogP contribution in [0.4, 0.5) is 22.0 Å². The van der Waals surface area contributed by atoms with Crippen LogP contribution >= 0.6 is 0 Å². The predicted molar refractivity (Wildman–Crippen MR) is 347 cm³/mol. The maximum absolute atomic E-state index is 15.1. The number of nitrogens with zero attached hydrogens (tertiary/aromatic N) is 4. The molecule has 0 fully saturated rings. The van der Waals surface area contributed by atoms with Gasteiger partial charge in [-0.25, -0.2) is 14.0 Å². The van der Waals surface area contributed by atoms with E-state index >= 15 is 8.78 Å². The summed E-state index contributed by atoms with van der Waals surface area (Å²) in [6, 6.07) is 57.0. The zero-order valence-electron chi connectivity index (χ0n) is 58.9. The quantitative estimate of drug-likeness (QED) is 0.0452. The van der Waals surface area contributed by atoms with Crippen LogP contribution in [-0.4, -0.2) is 63.0 Å². The van der Waals surface area contributed by atoms with Gasteiger partial charge in [-0.2, -0.15) is 21.6 Å². The molecule has 0 saturated carbocycles. The molecule has 0 bridgehead atoms. The van der Waals surface area contributed by atoms with Crippen molar-refractivity contribution in [3.8, 4) is 67.3 Å². The zero-order chi connectivity index (χ0) is 72.6. The fourth-order valence-corrected chi connectivity index (χ4v) is 8.54. The molecule has 0 aliphatic carbocycles. The van der Waals surface area contributed by atoms with Gasteiger partial charge in [-0.1, -0.05) is 126 Å². The van der Waals surface area contributed by atoms with Crippen LogP contribution in [0.3, 0.4) is 0 Å². The molecule has 8 aromatic carbocycles. The number of fused-ring (bicyclic) bond motifs is 6. The summed E-state index contributed by atoms with van der Waals surface area (Å²) in [7, 11) is -4.78. The zero-order valence-corrected chi connectivity index (χ0v) is 54.5. The Morgan fingerprint density at radius 1 is 0.495 bits per heavy atom. The van der Waals surface area contributed by atoms with Crippen molar-refractivity contribution < 1.29 is 113 Å². The SMILES string of the molecule is CCO.CO.O=S(=O)(OO)C(F)(F)F.[2H]c1c([2H])c([2H])c(-c2c(F)ccc3c2oc2c(-c4ccccn4)[c-]ccc23)c([2H])c1[2H].[2H]c1c([2H])c([2H])c(-c2c(F)ccc3c2oc2c(-c4ccccn4)cccc23)c([2H])c1[2H].[CH3-].[Ir].[Ir].[c-]1ccccc1-c1ccccn1.[c-]1ccccc1-c1ccccn1. The number of halogens is 5. The molecule has 14 aromatic rings. The number of pyridine rings is 4. The average Bonchev–Trinajstić information content (AvgIpc) is 1.63. The third-order valence-electron chi connectivity index (χ3n) is 12.2. The topological polar surface area (TPSA) is 182 Å². The molecule has 20 heteroatoms. The van der Waals surface area contributed by atoms with E-state index in [9.17, 15) is 21.6 Å². The first kappa shape index (κ1) is 60.0. The standard InChI is InChI=1S/C23H14FNO.C23H13FNO.2C11H8N.C2H6O.CHF3O4S.CH4O.CH3.2Ir/c2*24-19-13-12-17-16-9-6-10-18(20-11-4-5-14-25-20)22(16)26-23(17)21(19)15-7-2-1-3-8-15;2*1-2-6-10(7-3-1)11-8-4-5-9-12-11;1-2-3;2-1(3,4)9(6,7)8-5;1-2;;;/h1-14H;1-9,11-14H;2*1-6,8-9H;3H,2H2,1H3;5H;2H,1H3;1H3;;/q;3*-1;;;;-1;;/i2*1D,2D,3D,7D,8D;;;;;;;;. The Bertz CT molecular complexity index is 4820. The average molecular weight is 1640 g/mol. The summed E-state index contributed by atoms with van der Waals surface area (Å²) in [6.07, 6.45) is 6.88. The van der Waals surface area contributed by atoms with Crippen molar-refractivity contribution in [2.75, 3.05) is 13.7 Å². The minimum Gasteiger partial charge on any atom is -0.500 e. The van der Waals surface area contributed by atoms with Gasteiger partial charge in [-0.3, -0.25) is 4.98 Å². The van der Waals surface area contributed by atoms with Crippen LogP contribution in [0.25, 0.3) is 111 Å². The number of hydrogen-bond donors (Lipinski definition) is 3. The minimum absolute atomic E-state index is 0. The molecule has 0 aliphatic rings. The van der Waals surface area contributed by atoms with E-state index in [-0.39, 0.29) is 87.7 Å². The molecule has 0 spiro atoms. The Morgan fingerprint density at radius 3 is 1.28 bits per heavy atom. The molecule has 12 nitrogen and oxygen atoms in total. The van der Waals surface area contributed by atoms with Gasteiger partial charge < -0.3 is 41.4 Å². The number of aliphatic hydroxyl groups is 2. The molecule has 0 unspecified atom stereocenters. The van der Waals surface area contributed by atoms with E-state index in [1.165, 1.54) is 12.1 Å². The Balaban J connectivity index is 0.000000245. The summed E-state index contributed by atoms with van der Waals surface area (Å²) in [5.41, 5.74) is 1.40. The van der Waals surface area contributed by atoms with Crippen molar-refractivity contribution in [3.05, 3.63) is 298 Å². The third-order valence-corrected chi connectivity index (χ3v) is 13.0. The van der Waals surface area contributed by atoms with E-state index in [4.69, 9.17) is 38.0 Å². The number of rotatable bonds is 7. The van der Waals surface area contributed by atoms with Gasteiger partial charge in [0.25, 0.3) is 0 Å². The van der Waals surface area contributed by atoms with Crippen molar-refractivity contribution in [1.82, 2.24) is 19.9 Å². The van der Waals surface area contributed by atoms with Crippen molar-refractivity contribution in [2.45, 2.75) is 12.4 Å². The molecule has 2 radical (unpaired) electrons. The van der Waals surface area contributed by atoms with Gasteiger partial charge in [-0.15, -0.1) is 94.3 Å². The van der Waals surface area contributed by atoms with Crippen LogP contribution in [0.15, 0.2) is 270 Å². The number of benzene rings is 8. The Morgan fingerprint density at radius 2 is 0.892 bits per heavy atom. The normalized spacial score (nSPS) is 11.9. The van der Waals surface area contributed by atoms with E-state index in [0.717, 1.165) is 29.6 Å². The van der Waals surface area contributed by atoms with Gasteiger partial charge in [-0.05, 0) is 95.8 Å². The molecule has 0 aliphatic heterocycles. The Hall–Kier alpha value is -9.30. The second-order valence-corrected chi connectivity index (χ2v) is 19.3. The molecule has 14 rings (SSSR count). The third kappa shape index (κ3) is 18.9. The maximum Gasteiger partial charge on any atom is 0.525 e. The number of aromatic nitrogens is 4. The van der Waals surface area contributed by atoms with E-state index in [1.54, 1.807) is 74.2 Å². The van der Waals surface area contributed by atoms with Crippen molar-refractivity contribution in [3.63, 3.8) is 0 Å². The minimum atomic E-state index is -5.78. The summed E-state index contributed by atoms with van der Waals surface area (Å²) in [5, 5.41) is 24.2. The molecule has 6 aromatic heterocycles. The number of hydrogen-bond acceptors (Lipinski definition) is 12. The fraction of sp³-hybridized carbons (Fsp3) is 0.0548. The van der Waals surface area contributed by atoms with Gasteiger partial charge in [0.15, 0.2) is 0 Å². The van der Waals surface area contributed by atoms with Crippen LogP contribution in [-0.2, 0) is 54.7 Å². The number of aliphatic hydroxyl groups excluding tert-OH is 2. The molecule has 0 atom stereocenters. The maximum atomic E-state index is 15.1. The van der Waals surface area contributed by atoms with Gasteiger partial charge in [0.1, 0.15) is 28.4 Å². The van der Waals surface area contributed by atoms with Crippen LogP contribution < -0.4 is 0 Å². The van der Waals surface area contributed by atoms with Crippen LogP contribution in [0.2, 0.25) is 0 Å². The van der Waals surface area contributed by atoms with Gasteiger partial charge in [0.05, 0.1) is 36.1 Å². The van der Waals surface area contributed by atoms with Crippen molar-refractivity contribution >= 4 is 54.0 Å². The summed E-state index contributed by atoms with van der Waals surface area (Å²) in [5.74, 6) is -1.47. The first-order valence-electron chi connectivity index (χ1n) is 31.6. The summed E-state index contributed by atoms with van der Waals surface area (Å²) in [4.78, 5) is 17.1. The van der Waals surface area contributed by atoms with Crippen molar-refractivity contribution in [1.29, 1.82) is 0 Å². The van der Waals surface area contributed by atoms with E-state index in [2.05, 4.69) is 42.5 Å². The smallest absolute Gasteiger partial charge is 0.500 e. The predicted octanol–water partition coefficient (Wildman–Crippen LogP) is 18.2. The molecule has 0 amide bonds. The first-order chi connectivity index (χ1) is 48.0. The van der Waals surface area contributed by atoms with E-state index in [1.807, 2.05) is 121 Å². The van der Waals surface area contributed by atoms with Crippen LogP contribution in [0, 0.1) is 37.3 Å². The molecule has 93 heavy (non-hydrogen) atoms. The Labute approximate surface area is 575 Å². The molecular weight excluding hydrogens is 1570 g/mol. The molecule has 6 heterocycles. The molecule has 480 valence electrons. The number of alkyl halides is 3. The van der Waals surface area contributed by atoms with Crippen LogP contribution in [0.1, 0.15) is 20.6 Å². The van der Waals surface area contributed by atoms with Crippen molar-refractivity contribution in [2.24, 2.45) is 0 Å². The summed E-state index contributed by atoms with van der Waals surface area (Å²) < 4.78 is 177. The number of para-hydroxylation sites is 1. The second kappa shape index (κ2) is 36.7. The van der Waals surface area contributed by atoms with E-state index in [0.29, 0.717) is 55.2 Å². The van der Waals surface area contributed by atoms with Crippen LogP contribution in [0.5, 0.6) is 0 Å². The summed E-state index contributed by atoms with van der Waals surface area (Å²) in [6.45, 7) is 1.93. The largest absolute Gasteiger partial charge is 0.525 e. The van der Waals surface area contributed by atoms with Gasteiger partial charge >= 0.3 is 15.6 Å². The Kier molecular flexibility index (Phi) is 23.6. The monoisotopic (exact) mass is 1640 g/mol. The fourth-order valence-electron chi connectivity index (χ4n) is 8.45. The molecule has 3 N–H and O–H groups in total. The molecule has 0 saturated heterocycles.